The highest BCUT2D eigenvalue weighted by atomic mass is 16.1. The van der Waals surface area contributed by atoms with Crippen LogP contribution in [-0.4, -0.2) is 11.1 Å². The quantitative estimate of drug-likeness (QED) is 0.602. The number of benzene rings is 1. The Bertz CT molecular complexity index is 585. The molecule has 1 aromatic heterocycles. The molecule has 0 radical (unpaired) electrons. The van der Waals surface area contributed by atoms with E-state index >= 15 is 0 Å². The van der Waals surface area contributed by atoms with Gasteiger partial charge in [0.15, 0.2) is 0 Å². The van der Waals surface area contributed by atoms with Crippen LogP contribution in [0.4, 0.5) is 5.69 Å². The molecule has 0 aliphatic rings. The summed E-state index contributed by atoms with van der Waals surface area (Å²) in [5.41, 5.74) is 3.64. The van der Waals surface area contributed by atoms with E-state index in [-0.39, 0.29) is 0 Å². The third kappa shape index (κ3) is 2.53. The summed E-state index contributed by atoms with van der Waals surface area (Å²) in [5.74, 6) is 0.314. The molecule has 1 heterocycles. The smallest absolute Gasteiger partial charge is 0.240 e. The van der Waals surface area contributed by atoms with Crippen molar-refractivity contribution in [3.63, 3.8) is 0 Å². The maximum Gasteiger partial charge on any atom is 0.240 e. The second-order valence-electron chi connectivity index (χ2n) is 4.36. The average molecular weight is 238 g/mol. The monoisotopic (exact) mass is 238 g/mol. The maximum absolute atomic E-state index is 10.3. The predicted octanol–water partition coefficient (Wildman–Crippen LogP) is 3.84. The minimum atomic E-state index is 0.314. The largest absolute Gasteiger partial charge is 0.254 e. The number of aromatic nitrogens is 1. The van der Waals surface area contributed by atoms with Crippen molar-refractivity contribution >= 4 is 11.8 Å². The van der Waals surface area contributed by atoms with Gasteiger partial charge in [-0.1, -0.05) is 44.2 Å². The van der Waals surface area contributed by atoms with Crippen molar-refractivity contribution in [2.45, 2.75) is 19.8 Å². The molecule has 3 heteroatoms. The molecule has 2 aromatic rings. The molecule has 0 aliphatic carbocycles. The van der Waals surface area contributed by atoms with Crippen molar-refractivity contribution in [1.82, 2.24) is 4.98 Å². The van der Waals surface area contributed by atoms with Gasteiger partial charge in [-0.05, 0) is 17.5 Å². The van der Waals surface area contributed by atoms with Gasteiger partial charge in [0.05, 0.1) is 17.6 Å². The van der Waals surface area contributed by atoms with Gasteiger partial charge in [0.25, 0.3) is 0 Å². The molecule has 0 aliphatic heterocycles. The second kappa shape index (κ2) is 5.39. The molecule has 0 N–H and O–H groups in total. The summed E-state index contributed by atoms with van der Waals surface area (Å²) in [5, 5.41) is 0. The summed E-state index contributed by atoms with van der Waals surface area (Å²) in [6.07, 6.45) is 3.14. The van der Waals surface area contributed by atoms with Crippen LogP contribution in [0.2, 0.25) is 0 Å². The fraction of sp³-hybridized carbons (Fsp3) is 0.200. The van der Waals surface area contributed by atoms with Crippen molar-refractivity contribution in [1.29, 1.82) is 0 Å². The zero-order valence-corrected chi connectivity index (χ0v) is 10.4. The summed E-state index contributed by atoms with van der Waals surface area (Å²) in [7, 11) is 0. The number of isocyanates is 1. The number of hydrogen-bond acceptors (Lipinski definition) is 3. The average Bonchev–Trinajstić information content (AvgIpc) is 2.40. The van der Waals surface area contributed by atoms with Gasteiger partial charge in [0.2, 0.25) is 6.08 Å². The summed E-state index contributed by atoms with van der Waals surface area (Å²) >= 11 is 0. The highest BCUT2D eigenvalue weighted by Gasteiger charge is 2.10. The molecule has 0 saturated carbocycles. The van der Waals surface area contributed by atoms with E-state index in [0.29, 0.717) is 11.6 Å². The fourth-order valence-electron chi connectivity index (χ4n) is 1.86. The van der Waals surface area contributed by atoms with Crippen molar-refractivity contribution in [3.05, 3.63) is 48.2 Å². The van der Waals surface area contributed by atoms with E-state index in [1.807, 2.05) is 36.4 Å². The predicted molar refractivity (Wildman–Crippen MR) is 71.5 cm³/mol. The van der Waals surface area contributed by atoms with E-state index in [2.05, 4.69) is 23.8 Å². The highest BCUT2D eigenvalue weighted by molar-refractivity contribution is 5.66. The second-order valence-corrected chi connectivity index (χ2v) is 4.36. The Hall–Kier alpha value is -2.25. The molecule has 0 bridgehead atoms. The summed E-state index contributed by atoms with van der Waals surface area (Å²) in [4.78, 5) is 18.3. The normalized spacial score (nSPS) is 10.2. The topological polar surface area (TPSA) is 42.3 Å². The van der Waals surface area contributed by atoms with Gasteiger partial charge < -0.3 is 0 Å². The van der Waals surface area contributed by atoms with Crippen LogP contribution in [0.1, 0.15) is 25.3 Å². The van der Waals surface area contributed by atoms with Gasteiger partial charge >= 0.3 is 0 Å². The Morgan fingerprint density at radius 3 is 2.56 bits per heavy atom. The van der Waals surface area contributed by atoms with Gasteiger partial charge in [-0.2, -0.15) is 4.99 Å². The standard InChI is InChI=1S/C15H14N2O/c1-11(2)14-8-13(17-10-18)9-16-15(14)12-6-4-3-5-7-12/h3-9,11H,1-2H3. The molecule has 1 aromatic carbocycles. The van der Waals surface area contributed by atoms with Gasteiger partial charge in [0.1, 0.15) is 0 Å². The van der Waals surface area contributed by atoms with Crippen molar-refractivity contribution in [3.8, 4) is 11.3 Å². The SMILES string of the molecule is CC(C)c1cc(N=C=O)cnc1-c1ccccc1. The molecule has 2 rings (SSSR count). The van der Waals surface area contributed by atoms with Crippen molar-refractivity contribution < 1.29 is 4.79 Å². The van der Waals surface area contributed by atoms with Crippen LogP contribution in [0.25, 0.3) is 11.3 Å². The van der Waals surface area contributed by atoms with E-state index in [9.17, 15) is 4.79 Å². The van der Waals surface area contributed by atoms with E-state index in [4.69, 9.17) is 0 Å². The van der Waals surface area contributed by atoms with Gasteiger partial charge in [-0.25, -0.2) is 4.79 Å². The van der Waals surface area contributed by atoms with Gasteiger partial charge in [-0.15, -0.1) is 0 Å². The number of aliphatic imine (C=N–C) groups is 1. The Morgan fingerprint density at radius 2 is 1.94 bits per heavy atom. The highest BCUT2D eigenvalue weighted by Crippen LogP contribution is 2.29. The molecule has 0 atom stereocenters. The van der Waals surface area contributed by atoms with Crippen LogP contribution in [0.3, 0.4) is 0 Å². The van der Waals surface area contributed by atoms with E-state index in [1.54, 1.807) is 12.3 Å². The van der Waals surface area contributed by atoms with Gasteiger partial charge in [0, 0.05) is 5.56 Å². The molecule has 18 heavy (non-hydrogen) atoms. The lowest BCUT2D eigenvalue weighted by Gasteiger charge is -2.12. The summed E-state index contributed by atoms with van der Waals surface area (Å²) in [6.45, 7) is 4.19. The first-order valence-corrected chi connectivity index (χ1v) is 5.85. The van der Waals surface area contributed by atoms with Crippen LogP contribution in [0.15, 0.2) is 47.6 Å². The molecular weight excluding hydrogens is 224 g/mol. The molecular formula is C15H14N2O. The van der Waals surface area contributed by atoms with Crippen molar-refractivity contribution in [2.24, 2.45) is 4.99 Å². The lowest BCUT2D eigenvalue weighted by Crippen LogP contribution is -1.95. The number of pyridine rings is 1. The van der Waals surface area contributed by atoms with E-state index < -0.39 is 0 Å². The first kappa shape index (κ1) is 12.2. The molecule has 90 valence electrons. The maximum atomic E-state index is 10.3. The van der Waals surface area contributed by atoms with Gasteiger partial charge in [-0.3, -0.25) is 4.98 Å². The molecule has 0 spiro atoms. The van der Waals surface area contributed by atoms with E-state index in [1.165, 1.54) is 0 Å². The lowest BCUT2D eigenvalue weighted by molar-refractivity contribution is 0.565. The molecule has 0 unspecified atom stereocenters. The lowest BCUT2D eigenvalue weighted by atomic mass is 9.97. The van der Waals surface area contributed by atoms with Crippen LogP contribution < -0.4 is 0 Å². The van der Waals surface area contributed by atoms with Crippen molar-refractivity contribution in [2.75, 3.05) is 0 Å². The number of nitrogens with zero attached hydrogens (tertiary/aromatic N) is 2. The molecule has 0 fully saturated rings. The first-order valence-electron chi connectivity index (χ1n) is 5.85. The third-order valence-corrected chi connectivity index (χ3v) is 2.75. The van der Waals surface area contributed by atoms with Crippen LogP contribution >= 0.6 is 0 Å². The Kier molecular flexibility index (Phi) is 3.66. The molecule has 3 nitrogen and oxygen atoms in total. The zero-order chi connectivity index (χ0) is 13.0. The number of hydrogen-bond donors (Lipinski definition) is 0. The summed E-state index contributed by atoms with van der Waals surface area (Å²) < 4.78 is 0. The van der Waals surface area contributed by atoms with E-state index in [0.717, 1.165) is 16.8 Å². The molecule has 0 saturated heterocycles. The third-order valence-electron chi connectivity index (χ3n) is 2.75. The van der Waals surface area contributed by atoms with Crippen LogP contribution in [0, 0.1) is 0 Å². The fourth-order valence-corrected chi connectivity index (χ4v) is 1.86. The number of rotatable bonds is 3. The minimum Gasteiger partial charge on any atom is -0.254 e. The first-order chi connectivity index (χ1) is 8.72. The molecule has 0 amide bonds. The number of carbonyl (C=O) groups excluding carboxylic acids is 1. The minimum absolute atomic E-state index is 0.314. The Labute approximate surface area is 106 Å². The van der Waals surface area contributed by atoms with Crippen LogP contribution in [-0.2, 0) is 4.79 Å². The van der Waals surface area contributed by atoms with Crippen LogP contribution in [0.5, 0.6) is 0 Å². The Morgan fingerprint density at radius 1 is 1.22 bits per heavy atom. The zero-order valence-electron chi connectivity index (χ0n) is 10.4. The summed E-state index contributed by atoms with van der Waals surface area (Å²) in [6, 6.07) is 11.9. The Balaban J connectivity index is 2.57.